The van der Waals surface area contributed by atoms with Crippen molar-refractivity contribution in [2.45, 2.75) is 38.7 Å². The van der Waals surface area contributed by atoms with Gasteiger partial charge in [0, 0.05) is 13.1 Å². The van der Waals surface area contributed by atoms with Crippen LogP contribution >= 0.6 is 0 Å². The Morgan fingerprint density at radius 3 is 2.53 bits per heavy atom. The minimum Gasteiger partial charge on any atom is -0.502 e. The normalized spacial score (nSPS) is 19.7. The maximum Gasteiger partial charge on any atom is 0.262 e. The van der Waals surface area contributed by atoms with Crippen molar-refractivity contribution < 1.29 is 9.84 Å². The molecule has 1 aliphatic heterocycles. The number of nitrogens with zero attached hydrogens (tertiary/aromatic N) is 3. The Morgan fingerprint density at radius 2 is 2.00 bits per heavy atom. The summed E-state index contributed by atoms with van der Waals surface area (Å²) in [6.45, 7) is 3.77. The van der Waals surface area contributed by atoms with Crippen molar-refractivity contribution in [2.75, 3.05) is 18.0 Å². The topological polar surface area (TPSA) is 58.5 Å². The van der Waals surface area contributed by atoms with E-state index < -0.39 is 0 Å². The van der Waals surface area contributed by atoms with E-state index >= 15 is 0 Å². The van der Waals surface area contributed by atoms with Gasteiger partial charge in [-0.05, 0) is 32.6 Å². The van der Waals surface area contributed by atoms with E-state index in [0.29, 0.717) is 17.5 Å². The van der Waals surface area contributed by atoms with Crippen LogP contribution in [0.4, 0.5) is 5.95 Å². The van der Waals surface area contributed by atoms with E-state index in [1.54, 1.807) is 6.92 Å². The quantitative estimate of drug-likeness (QED) is 0.863. The molecule has 0 amide bonds. The largest absolute Gasteiger partial charge is 0.502 e. The highest BCUT2D eigenvalue weighted by molar-refractivity contribution is 5.44. The van der Waals surface area contributed by atoms with E-state index in [0.717, 1.165) is 25.9 Å². The van der Waals surface area contributed by atoms with Crippen LogP contribution in [0.5, 0.6) is 11.6 Å². The molecule has 1 saturated heterocycles. The minimum absolute atomic E-state index is 0.0844. The standard InChI is InChI=1S/C12H17N3O2/c1-8-10(16)11(17-9-4-2-5-9)14-12(13-8)15-6-3-7-15/h9,16H,2-7H2,1H3. The van der Waals surface area contributed by atoms with E-state index in [1.165, 1.54) is 12.8 Å². The number of aromatic hydroxyl groups is 1. The first kappa shape index (κ1) is 10.6. The van der Waals surface area contributed by atoms with E-state index in [2.05, 4.69) is 14.9 Å². The molecule has 3 rings (SSSR count). The monoisotopic (exact) mass is 235 g/mol. The van der Waals surface area contributed by atoms with Crippen molar-refractivity contribution in [1.82, 2.24) is 9.97 Å². The fraction of sp³-hybridized carbons (Fsp3) is 0.667. The first-order valence-electron chi connectivity index (χ1n) is 6.23. The Labute approximate surface area is 100 Å². The highest BCUT2D eigenvalue weighted by Gasteiger charge is 2.25. The van der Waals surface area contributed by atoms with Crippen LogP contribution in [0.3, 0.4) is 0 Å². The van der Waals surface area contributed by atoms with Crippen LogP contribution in [0.1, 0.15) is 31.4 Å². The Morgan fingerprint density at radius 1 is 1.24 bits per heavy atom. The second kappa shape index (κ2) is 4.05. The van der Waals surface area contributed by atoms with E-state index in [-0.39, 0.29) is 11.9 Å². The molecule has 0 aromatic carbocycles. The number of hydrogen-bond acceptors (Lipinski definition) is 5. The number of aryl methyl sites for hydroxylation is 1. The summed E-state index contributed by atoms with van der Waals surface area (Å²) in [5.41, 5.74) is 0.594. The van der Waals surface area contributed by atoms with Crippen LogP contribution in [0.15, 0.2) is 0 Å². The van der Waals surface area contributed by atoms with Crippen LogP contribution in [0.25, 0.3) is 0 Å². The predicted octanol–water partition coefficient (Wildman–Crippen LogP) is 1.63. The highest BCUT2D eigenvalue weighted by atomic mass is 16.5. The molecule has 1 aliphatic carbocycles. The number of hydrogen-bond donors (Lipinski definition) is 1. The van der Waals surface area contributed by atoms with Crippen molar-refractivity contribution >= 4 is 5.95 Å². The lowest BCUT2D eigenvalue weighted by Crippen LogP contribution is -2.38. The minimum atomic E-state index is 0.0844. The first-order chi connectivity index (χ1) is 8.24. The maximum absolute atomic E-state index is 9.89. The summed E-state index contributed by atoms with van der Waals surface area (Å²) in [6.07, 6.45) is 4.72. The fourth-order valence-corrected chi connectivity index (χ4v) is 1.91. The summed E-state index contributed by atoms with van der Waals surface area (Å²) in [6, 6.07) is 0. The van der Waals surface area contributed by atoms with Gasteiger partial charge in [-0.15, -0.1) is 0 Å². The fourth-order valence-electron chi connectivity index (χ4n) is 1.91. The van der Waals surface area contributed by atoms with Gasteiger partial charge in [-0.3, -0.25) is 0 Å². The molecule has 0 radical (unpaired) electrons. The predicted molar refractivity (Wildman–Crippen MR) is 63.5 cm³/mol. The molecule has 17 heavy (non-hydrogen) atoms. The summed E-state index contributed by atoms with van der Waals surface area (Å²) in [5, 5.41) is 9.89. The average Bonchev–Trinajstić information content (AvgIpc) is 2.15. The second-order valence-corrected chi connectivity index (χ2v) is 4.77. The molecule has 0 spiro atoms. The van der Waals surface area contributed by atoms with Gasteiger partial charge in [-0.1, -0.05) is 0 Å². The molecule has 1 N–H and O–H groups in total. The van der Waals surface area contributed by atoms with Gasteiger partial charge in [-0.2, -0.15) is 4.98 Å². The molecule has 5 heteroatoms. The third-order valence-corrected chi connectivity index (χ3v) is 3.48. The average molecular weight is 235 g/mol. The lowest BCUT2D eigenvalue weighted by atomic mass is 9.96. The molecular formula is C12H17N3O2. The highest BCUT2D eigenvalue weighted by Crippen LogP contribution is 2.33. The zero-order chi connectivity index (χ0) is 11.8. The van der Waals surface area contributed by atoms with E-state index in [1.807, 2.05) is 0 Å². The van der Waals surface area contributed by atoms with Crippen LogP contribution < -0.4 is 9.64 Å². The smallest absolute Gasteiger partial charge is 0.262 e. The van der Waals surface area contributed by atoms with Gasteiger partial charge in [0.25, 0.3) is 5.88 Å². The summed E-state index contributed by atoms with van der Waals surface area (Å²) >= 11 is 0. The molecular weight excluding hydrogens is 218 g/mol. The van der Waals surface area contributed by atoms with Crippen LogP contribution in [-0.4, -0.2) is 34.3 Å². The molecule has 1 saturated carbocycles. The molecule has 0 atom stereocenters. The first-order valence-corrected chi connectivity index (χ1v) is 6.23. The van der Waals surface area contributed by atoms with Gasteiger partial charge in [0.05, 0.1) is 5.69 Å². The molecule has 0 bridgehead atoms. The second-order valence-electron chi connectivity index (χ2n) is 4.77. The summed E-state index contributed by atoms with van der Waals surface area (Å²) < 4.78 is 5.69. The molecule has 2 fully saturated rings. The summed E-state index contributed by atoms with van der Waals surface area (Å²) in [4.78, 5) is 10.7. The van der Waals surface area contributed by atoms with Crippen LogP contribution in [0, 0.1) is 6.92 Å². The zero-order valence-electron chi connectivity index (χ0n) is 10.0. The van der Waals surface area contributed by atoms with Gasteiger partial charge in [0.15, 0.2) is 5.75 Å². The van der Waals surface area contributed by atoms with E-state index in [9.17, 15) is 5.11 Å². The van der Waals surface area contributed by atoms with Gasteiger partial charge >= 0.3 is 0 Å². The number of ether oxygens (including phenoxy) is 1. The molecule has 92 valence electrons. The Hall–Kier alpha value is -1.52. The number of anilines is 1. The van der Waals surface area contributed by atoms with E-state index in [4.69, 9.17) is 4.74 Å². The van der Waals surface area contributed by atoms with Crippen molar-refractivity contribution in [3.05, 3.63) is 5.69 Å². The summed E-state index contributed by atoms with van der Waals surface area (Å²) in [7, 11) is 0. The third kappa shape index (κ3) is 1.90. The lowest BCUT2D eigenvalue weighted by molar-refractivity contribution is 0.110. The zero-order valence-corrected chi connectivity index (χ0v) is 10.0. The molecule has 5 nitrogen and oxygen atoms in total. The molecule has 0 unspecified atom stereocenters. The van der Waals surface area contributed by atoms with Gasteiger partial charge in [0.1, 0.15) is 6.10 Å². The SMILES string of the molecule is Cc1nc(N2CCC2)nc(OC2CCC2)c1O. The van der Waals surface area contributed by atoms with Crippen molar-refractivity contribution in [3.8, 4) is 11.6 Å². The number of rotatable bonds is 3. The summed E-state index contributed by atoms with van der Waals surface area (Å²) in [5.74, 6) is 1.12. The molecule has 2 heterocycles. The van der Waals surface area contributed by atoms with Gasteiger partial charge < -0.3 is 14.7 Å². The third-order valence-electron chi connectivity index (χ3n) is 3.48. The Bertz CT molecular complexity index is 428. The number of aromatic nitrogens is 2. The maximum atomic E-state index is 9.89. The van der Waals surface area contributed by atoms with Crippen LogP contribution in [0.2, 0.25) is 0 Å². The Kier molecular flexibility index (Phi) is 2.53. The Balaban J connectivity index is 1.85. The van der Waals surface area contributed by atoms with Crippen LogP contribution in [-0.2, 0) is 0 Å². The van der Waals surface area contributed by atoms with Crippen molar-refractivity contribution in [1.29, 1.82) is 0 Å². The van der Waals surface area contributed by atoms with Crippen molar-refractivity contribution in [2.24, 2.45) is 0 Å². The van der Waals surface area contributed by atoms with Gasteiger partial charge in [-0.25, -0.2) is 4.98 Å². The molecule has 1 aromatic heterocycles. The molecule has 2 aliphatic rings. The van der Waals surface area contributed by atoms with Crippen molar-refractivity contribution in [3.63, 3.8) is 0 Å². The van der Waals surface area contributed by atoms with Gasteiger partial charge in [0.2, 0.25) is 5.95 Å². The molecule has 1 aromatic rings. The lowest BCUT2D eigenvalue weighted by Gasteiger charge is -2.32.